The van der Waals surface area contributed by atoms with Crippen molar-refractivity contribution in [2.75, 3.05) is 6.54 Å². The first-order valence-electron chi connectivity index (χ1n) is 5.50. The first-order valence-corrected chi connectivity index (χ1v) is 5.50. The molecule has 0 aliphatic carbocycles. The van der Waals surface area contributed by atoms with Gasteiger partial charge in [-0.15, -0.1) is 6.58 Å². The summed E-state index contributed by atoms with van der Waals surface area (Å²) in [6.45, 7) is 9.76. The van der Waals surface area contributed by atoms with E-state index in [1.54, 1.807) is 17.9 Å². The topological polar surface area (TPSA) is 57.6 Å². The van der Waals surface area contributed by atoms with E-state index in [0.717, 1.165) is 0 Å². The van der Waals surface area contributed by atoms with Crippen molar-refractivity contribution < 1.29 is 14.7 Å². The van der Waals surface area contributed by atoms with E-state index in [4.69, 9.17) is 5.11 Å². The van der Waals surface area contributed by atoms with Crippen molar-refractivity contribution in [1.82, 2.24) is 4.90 Å². The summed E-state index contributed by atoms with van der Waals surface area (Å²) in [5, 5.41) is 8.61. The minimum absolute atomic E-state index is 0.0105. The number of hydrogen-bond acceptors (Lipinski definition) is 2. The van der Waals surface area contributed by atoms with Gasteiger partial charge in [-0.2, -0.15) is 0 Å². The summed E-state index contributed by atoms with van der Waals surface area (Å²) in [7, 11) is 0. The van der Waals surface area contributed by atoms with Gasteiger partial charge in [-0.3, -0.25) is 9.59 Å². The zero-order valence-corrected chi connectivity index (χ0v) is 10.3. The van der Waals surface area contributed by atoms with Gasteiger partial charge < -0.3 is 10.0 Å². The summed E-state index contributed by atoms with van der Waals surface area (Å²) in [6.07, 6.45) is 1.99. The molecule has 0 bridgehead atoms. The first kappa shape index (κ1) is 14.7. The van der Waals surface area contributed by atoms with Crippen LogP contribution in [0.5, 0.6) is 0 Å². The minimum atomic E-state index is -0.861. The van der Waals surface area contributed by atoms with Crippen LogP contribution in [-0.2, 0) is 9.59 Å². The molecule has 0 aromatic heterocycles. The molecule has 0 aromatic rings. The van der Waals surface area contributed by atoms with Crippen LogP contribution in [0.4, 0.5) is 0 Å². The summed E-state index contributed by atoms with van der Waals surface area (Å²) in [6, 6.07) is 0.113. The lowest BCUT2D eigenvalue weighted by Gasteiger charge is -2.26. The highest BCUT2D eigenvalue weighted by Crippen LogP contribution is 2.11. The second kappa shape index (κ2) is 7.04. The van der Waals surface area contributed by atoms with Crippen LogP contribution >= 0.6 is 0 Å². The van der Waals surface area contributed by atoms with Crippen molar-refractivity contribution in [2.24, 2.45) is 5.92 Å². The van der Waals surface area contributed by atoms with E-state index in [2.05, 4.69) is 6.58 Å². The van der Waals surface area contributed by atoms with E-state index in [1.807, 2.05) is 13.8 Å². The molecular formula is C12H21NO3. The van der Waals surface area contributed by atoms with Gasteiger partial charge in [0.05, 0.1) is 0 Å². The number of aliphatic carboxylic acids is 1. The van der Waals surface area contributed by atoms with E-state index in [1.165, 1.54) is 0 Å². The zero-order valence-electron chi connectivity index (χ0n) is 10.3. The van der Waals surface area contributed by atoms with Gasteiger partial charge in [-0.05, 0) is 19.8 Å². The SMILES string of the molecule is C=CCN(C(=O)CC(C)CC(=O)O)C(C)C. The average Bonchev–Trinajstić information content (AvgIpc) is 2.11. The fourth-order valence-corrected chi connectivity index (χ4v) is 1.53. The Hall–Kier alpha value is -1.32. The van der Waals surface area contributed by atoms with Crippen molar-refractivity contribution in [3.05, 3.63) is 12.7 Å². The maximum Gasteiger partial charge on any atom is 0.303 e. The van der Waals surface area contributed by atoms with Crippen LogP contribution in [0.3, 0.4) is 0 Å². The Morgan fingerprint density at radius 3 is 2.25 bits per heavy atom. The van der Waals surface area contributed by atoms with Crippen LogP contribution in [-0.4, -0.2) is 34.5 Å². The quantitative estimate of drug-likeness (QED) is 0.676. The van der Waals surface area contributed by atoms with Gasteiger partial charge in [0.25, 0.3) is 0 Å². The molecule has 0 saturated carbocycles. The molecule has 0 aliphatic rings. The zero-order chi connectivity index (χ0) is 12.7. The van der Waals surface area contributed by atoms with Crippen LogP contribution in [0, 0.1) is 5.92 Å². The number of amides is 1. The van der Waals surface area contributed by atoms with E-state index in [9.17, 15) is 9.59 Å². The molecule has 4 heteroatoms. The number of hydrogen-bond donors (Lipinski definition) is 1. The lowest BCUT2D eigenvalue weighted by atomic mass is 10.0. The summed E-state index contributed by atoms with van der Waals surface area (Å²) in [5.74, 6) is -1.00. The molecule has 0 saturated heterocycles. The molecule has 0 radical (unpaired) electrons. The minimum Gasteiger partial charge on any atom is -0.481 e. The fourth-order valence-electron chi connectivity index (χ4n) is 1.53. The molecule has 1 amide bonds. The molecule has 1 atom stereocenters. The fraction of sp³-hybridized carbons (Fsp3) is 0.667. The van der Waals surface area contributed by atoms with Gasteiger partial charge in [0.1, 0.15) is 0 Å². The largest absolute Gasteiger partial charge is 0.481 e. The van der Waals surface area contributed by atoms with Crippen molar-refractivity contribution in [3.63, 3.8) is 0 Å². The number of carbonyl (C=O) groups is 2. The molecule has 16 heavy (non-hydrogen) atoms. The Bertz CT molecular complexity index is 261. The second-order valence-corrected chi connectivity index (χ2v) is 4.34. The van der Waals surface area contributed by atoms with Crippen LogP contribution in [0.25, 0.3) is 0 Å². The van der Waals surface area contributed by atoms with Gasteiger partial charge in [-0.25, -0.2) is 0 Å². The third kappa shape index (κ3) is 5.53. The van der Waals surface area contributed by atoms with Crippen LogP contribution in [0.2, 0.25) is 0 Å². The average molecular weight is 227 g/mol. The molecule has 4 nitrogen and oxygen atoms in total. The van der Waals surface area contributed by atoms with Crippen molar-refractivity contribution in [3.8, 4) is 0 Å². The standard InChI is InChI=1S/C12H21NO3/c1-5-6-13(9(2)3)11(14)7-10(4)8-12(15)16/h5,9-10H,1,6-8H2,2-4H3,(H,15,16). The highest BCUT2D eigenvalue weighted by Gasteiger charge is 2.19. The molecule has 0 spiro atoms. The summed E-state index contributed by atoms with van der Waals surface area (Å²) in [4.78, 5) is 24.0. The molecule has 1 unspecified atom stereocenters. The predicted octanol–water partition coefficient (Wildman–Crippen LogP) is 1.91. The van der Waals surface area contributed by atoms with Crippen LogP contribution in [0.1, 0.15) is 33.6 Å². The molecule has 92 valence electrons. The first-order chi connectivity index (χ1) is 7.38. The highest BCUT2D eigenvalue weighted by molar-refractivity contribution is 5.77. The van der Waals surface area contributed by atoms with Gasteiger partial charge in [0, 0.05) is 25.4 Å². The van der Waals surface area contributed by atoms with Crippen molar-refractivity contribution >= 4 is 11.9 Å². The Morgan fingerprint density at radius 2 is 1.88 bits per heavy atom. The lowest BCUT2D eigenvalue weighted by molar-refractivity contribution is -0.138. The predicted molar refractivity (Wildman–Crippen MR) is 63.1 cm³/mol. The summed E-state index contributed by atoms with van der Waals surface area (Å²) in [5.41, 5.74) is 0. The smallest absolute Gasteiger partial charge is 0.303 e. The third-order valence-corrected chi connectivity index (χ3v) is 2.32. The van der Waals surface area contributed by atoms with Crippen LogP contribution < -0.4 is 0 Å². The van der Waals surface area contributed by atoms with Gasteiger partial charge >= 0.3 is 5.97 Å². The Balaban J connectivity index is 4.29. The van der Waals surface area contributed by atoms with Gasteiger partial charge in [0.2, 0.25) is 5.91 Å². The lowest BCUT2D eigenvalue weighted by Crippen LogP contribution is -2.37. The maximum absolute atomic E-state index is 11.9. The number of carboxylic acids is 1. The van der Waals surface area contributed by atoms with E-state index >= 15 is 0 Å². The normalized spacial score (nSPS) is 12.2. The third-order valence-electron chi connectivity index (χ3n) is 2.32. The van der Waals surface area contributed by atoms with E-state index in [-0.39, 0.29) is 30.7 Å². The summed E-state index contributed by atoms with van der Waals surface area (Å²) >= 11 is 0. The van der Waals surface area contributed by atoms with Crippen molar-refractivity contribution in [1.29, 1.82) is 0 Å². The Morgan fingerprint density at radius 1 is 1.31 bits per heavy atom. The molecule has 0 fully saturated rings. The molecule has 0 rings (SSSR count). The van der Waals surface area contributed by atoms with Gasteiger partial charge in [-0.1, -0.05) is 13.0 Å². The van der Waals surface area contributed by atoms with E-state index < -0.39 is 5.97 Å². The second-order valence-electron chi connectivity index (χ2n) is 4.34. The Labute approximate surface area is 96.9 Å². The monoisotopic (exact) mass is 227 g/mol. The molecule has 0 heterocycles. The number of nitrogens with zero attached hydrogens (tertiary/aromatic N) is 1. The Kier molecular flexibility index (Phi) is 6.46. The molecular weight excluding hydrogens is 206 g/mol. The van der Waals surface area contributed by atoms with Gasteiger partial charge in [0.15, 0.2) is 0 Å². The molecule has 0 aromatic carbocycles. The van der Waals surface area contributed by atoms with E-state index in [0.29, 0.717) is 6.54 Å². The van der Waals surface area contributed by atoms with Crippen molar-refractivity contribution in [2.45, 2.75) is 39.7 Å². The summed E-state index contributed by atoms with van der Waals surface area (Å²) < 4.78 is 0. The number of carboxylic acid groups (broad SMARTS) is 1. The molecule has 0 aliphatic heterocycles. The van der Waals surface area contributed by atoms with Crippen LogP contribution in [0.15, 0.2) is 12.7 Å². The maximum atomic E-state index is 11.9. The number of carbonyl (C=O) groups excluding carboxylic acids is 1. The highest BCUT2D eigenvalue weighted by atomic mass is 16.4. The molecule has 1 N–H and O–H groups in total. The number of rotatable bonds is 7.